The van der Waals surface area contributed by atoms with E-state index >= 15 is 0 Å². The quantitative estimate of drug-likeness (QED) is 0.551. The number of carboxylic acids is 1. The van der Waals surface area contributed by atoms with Crippen LogP contribution in [-0.2, 0) is 9.59 Å². The number of amides is 3. The molecule has 2 atom stereocenters. The highest BCUT2D eigenvalue weighted by Gasteiger charge is 2.38. The topological polar surface area (TPSA) is 116 Å². The van der Waals surface area contributed by atoms with Crippen molar-refractivity contribution in [3.63, 3.8) is 0 Å². The monoisotopic (exact) mass is 270 g/mol. The summed E-state index contributed by atoms with van der Waals surface area (Å²) in [6.07, 6.45) is 0.819. The molecule has 2 aliphatic heterocycles. The van der Waals surface area contributed by atoms with E-state index in [-0.39, 0.29) is 24.9 Å². The number of rotatable bonds is 2. The third-order valence-corrected chi connectivity index (χ3v) is 3.60. The van der Waals surface area contributed by atoms with Gasteiger partial charge in [-0.15, -0.1) is 0 Å². The Morgan fingerprint density at radius 3 is 2.79 bits per heavy atom. The van der Waals surface area contributed by atoms with Crippen LogP contribution in [0.1, 0.15) is 6.42 Å². The van der Waals surface area contributed by atoms with E-state index in [4.69, 9.17) is 10.8 Å². The van der Waals surface area contributed by atoms with Gasteiger partial charge in [-0.05, 0) is 18.9 Å². The van der Waals surface area contributed by atoms with Crippen LogP contribution in [-0.4, -0.2) is 71.6 Å². The first kappa shape index (κ1) is 13.6. The van der Waals surface area contributed by atoms with Crippen LogP contribution in [0.4, 0.5) is 4.79 Å². The third kappa shape index (κ3) is 2.78. The zero-order valence-electron chi connectivity index (χ0n) is 10.5. The smallest absolute Gasteiger partial charge is 0.328 e. The first-order chi connectivity index (χ1) is 9.02. The Balaban J connectivity index is 2.06. The van der Waals surface area contributed by atoms with Crippen LogP contribution in [0.15, 0.2) is 0 Å². The summed E-state index contributed by atoms with van der Waals surface area (Å²) in [4.78, 5) is 37.5. The maximum Gasteiger partial charge on any atom is 0.328 e. The predicted octanol–water partition coefficient (Wildman–Crippen LogP) is -1.73. The predicted molar refractivity (Wildman–Crippen MR) is 65.3 cm³/mol. The van der Waals surface area contributed by atoms with E-state index in [1.165, 1.54) is 0 Å². The number of carbonyl (C=O) groups excluding carboxylic acids is 2. The Morgan fingerprint density at radius 2 is 2.21 bits per heavy atom. The van der Waals surface area contributed by atoms with Crippen molar-refractivity contribution in [1.82, 2.24) is 15.1 Å². The Morgan fingerprint density at radius 1 is 1.47 bits per heavy atom. The van der Waals surface area contributed by atoms with Crippen molar-refractivity contribution in [1.29, 1.82) is 0 Å². The molecule has 2 unspecified atom stereocenters. The van der Waals surface area contributed by atoms with Crippen molar-refractivity contribution in [3.8, 4) is 0 Å². The van der Waals surface area contributed by atoms with E-state index in [1.807, 2.05) is 0 Å². The van der Waals surface area contributed by atoms with Gasteiger partial charge in [-0.25, -0.2) is 9.59 Å². The van der Waals surface area contributed by atoms with E-state index < -0.39 is 18.0 Å². The van der Waals surface area contributed by atoms with Gasteiger partial charge in [0.2, 0.25) is 5.91 Å². The molecule has 19 heavy (non-hydrogen) atoms. The number of nitrogens with two attached hydrogens (primary N) is 1. The number of piperazine rings is 1. The lowest BCUT2D eigenvalue weighted by atomic mass is 10.1. The van der Waals surface area contributed by atoms with Gasteiger partial charge in [0.25, 0.3) is 0 Å². The number of carboxylic acid groups (broad SMARTS) is 1. The number of aliphatic carboxylic acids is 1. The fraction of sp³-hybridized carbons (Fsp3) is 0.727. The normalized spacial score (nSPS) is 27.3. The van der Waals surface area contributed by atoms with Crippen LogP contribution in [0.25, 0.3) is 0 Å². The van der Waals surface area contributed by atoms with Gasteiger partial charge in [0.05, 0.1) is 0 Å². The third-order valence-electron chi connectivity index (χ3n) is 3.60. The maximum absolute atomic E-state index is 12.3. The number of hydrogen-bond acceptors (Lipinski definition) is 4. The average molecular weight is 270 g/mol. The van der Waals surface area contributed by atoms with Gasteiger partial charge in [-0.1, -0.05) is 0 Å². The van der Waals surface area contributed by atoms with Gasteiger partial charge in [-0.3, -0.25) is 9.69 Å². The van der Waals surface area contributed by atoms with Crippen molar-refractivity contribution >= 4 is 17.9 Å². The van der Waals surface area contributed by atoms with Crippen molar-refractivity contribution in [3.05, 3.63) is 0 Å². The van der Waals surface area contributed by atoms with Gasteiger partial charge in [0.15, 0.2) is 0 Å². The van der Waals surface area contributed by atoms with Crippen LogP contribution >= 0.6 is 0 Å². The molecular formula is C11H18N4O4. The molecule has 0 radical (unpaired) electrons. The van der Waals surface area contributed by atoms with Crippen LogP contribution in [0.3, 0.4) is 0 Å². The Labute approximate surface area is 110 Å². The standard InChI is InChI=1S/C11H18N4O4/c12-3-7-1-2-14(5-7)11(19)15-6-9(16)13-4-8(15)10(17)18/h7-8H,1-6,12H2,(H,13,16)(H,17,18). The van der Waals surface area contributed by atoms with Gasteiger partial charge in [0.1, 0.15) is 12.6 Å². The molecule has 0 bridgehead atoms. The van der Waals surface area contributed by atoms with E-state index in [0.29, 0.717) is 19.6 Å². The minimum Gasteiger partial charge on any atom is -0.480 e. The fourth-order valence-corrected chi connectivity index (χ4v) is 2.44. The molecule has 0 saturated carbocycles. The van der Waals surface area contributed by atoms with Crippen LogP contribution < -0.4 is 11.1 Å². The average Bonchev–Trinajstić information content (AvgIpc) is 2.86. The van der Waals surface area contributed by atoms with Gasteiger partial charge in [-0.2, -0.15) is 0 Å². The molecule has 2 saturated heterocycles. The number of likely N-dealkylation sites (tertiary alicyclic amines) is 1. The number of carbonyl (C=O) groups is 3. The number of urea groups is 1. The van der Waals surface area contributed by atoms with Crippen LogP contribution in [0.5, 0.6) is 0 Å². The molecule has 0 aromatic carbocycles. The van der Waals surface area contributed by atoms with Crippen molar-refractivity contribution in [2.24, 2.45) is 11.7 Å². The molecule has 3 amide bonds. The lowest BCUT2D eigenvalue weighted by Crippen LogP contribution is -2.61. The minimum absolute atomic E-state index is 0.0476. The Bertz CT molecular complexity index is 400. The second-order valence-electron chi connectivity index (χ2n) is 4.91. The zero-order chi connectivity index (χ0) is 14.0. The number of nitrogens with zero attached hydrogens (tertiary/aromatic N) is 2. The number of hydrogen-bond donors (Lipinski definition) is 3. The SMILES string of the molecule is NCC1CCN(C(=O)N2CC(=O)NCC2C(=O)O)C1. The highest BCUT2D eigenvalue weighted by atomic mass is 16.4. The van der Waals surface area contributed by atoms with E-state index in [1.54, 1.807) is 4.90 Å². The van der Waals surface area contributed by atoms with Gasteiger partial charge >= 0.3 is 12.0 Å². The first-order valence-corrected chi connectivity index (χ1v) is 6.28. The van der Waals surface area contributed by atoms with Gasteiger partial charge in [0, 0.05) is 19.6 Å². The lowest BCUT2D eigenvalue weighted by molar-refractivity contribution is -0.144. The molecule has 2 aliphatic rings. The molecule has 2 heterocycles. The fourth-order valence-electron chi connectivity index (χ4n) is 2.44. The molecule has 0 aliphatic carbocycles. The molecule has 2 fully saturated rings. The van der Waals surface area contributed by atoms with Crippen molar-refractivity contribution in [2.45, 2.75) is 12.5 Å². The molecule has 106 valence electrons. The van der Waals surface area contributed by atoms with Crippen LogP contribution in [0, 0.1) is 5.92 Å². The minimum atomic E-state index is -1.11. The zero-order valence-corrected chi connectivity index (χ0v) is 10.5. The molecule has 2 rings (SSSR count). The Hall–Kier alpha value is -1.83. The van der Waals surface area contributed by atoms with E-state index in [0.717, 1.165) is 11.3 Å². The molecule has 4 N–H and O–H groups in total. The maximum atomic E-state index is 12.3. The summed E-state index contributed by atoms with van der Waals surface area (Å²) in [5.74, 6) is -1.19. The molecule has 0 aromatic heterocycles. The summed E-state index contributed by atoms with van der Waals surface area (Å²) in [6.45, 7) is 1.34. The second kappa shape index (κ2) is 5.43. The van der Waals surface area contributed by atoms with Crippen molar-refractivity contribution in [2.75, 3.05) is 32.7 Å². The highest BCUT2D eigenvalue weighted by Crippen LogP contribution is 2.18. The van der Waals surface area contributed by atoms with E-state index in [2.05, 4.69) is 5.32 Å². The Kier molecular flexibility index (Phi) is 3.89. The first-order valence-electron chi connectivity index (χ1n) is 6.28. The molecule has 0 aromatic rings. The van der Waals surface area contributed by atoms with Gasteiger partial charge < -0.3 is 21.1 Å². The van der Waals surface area contributed by atoms with Crippen LogP contribution in [0.2, 0.25) is 0 Å². The lowest BCUT2D eigenvalue weighted by Gasteiger charge is -2.35. The molecule has 8 heteroatoms. The van der Waals surface area contributed by atoms with Crippen molar-refractivity contribution < 1.29 is 19.5 Å². The second-order valence-corrected chi connectivity index (χ2v) is 4.91. The summed E-state index contributed by atoms with van der Waals surface area (Å²) < 4.78 is 0. The summed E-state index contributed by atoms with van der Waals surface area (Å²) in [5, 5.41) is 11.6. The molecule has 0 spiro atoms. The molecule has 8 nitrogen and oxygen atoms in total. The summed E-state index contributed by atoms with van der Waals surface area (Å²) >= 11 is 0. The highest BCUT2D eigenvalue weighted by molar-refractivity contribution is 5.90. The summed E-state index contributed by atoms with van der Waals surface area (Å²) in [7, 11) is 0. The summed E-state index contributed by atoms with van der Waals surface area (Å²) in [5.41, 5.74) is 5.56. The summed E-state index contributed by atoms with van der Waals surface area (Å²) in [6, 6.07) is -1.39. The molecular weight excluding hydrogens is 252 g/mol. The number of nitrogens with one attached hydrogen (secondary N) is 1. The largest absolute Gasteiger partial charge is 0.480 e. The van der Waals surface area contributed by atoms with E-state index in [9.17, 15) is 14.4 Å².